The molecule has 18 heteroatoms. The Balaban J connectivity index is 1.15. The summed E-state index contributed by atoms with van der Waals surface area (Å²) in [6.07, 6.45) is -12.5. The quantitative estimate of drug-likeness (QED) is 0.0487. The number of aliphatic hydroxyl groups is 2. The number of nitrogens with one attached hydrogen (secondary N) is 1. The zero-order valence-electron chi connectivity index (χ0n) is 45.0. The van der Waals surface area contributed by atoms with Gasteiger partial charge in [0.1, 0.15) is 49.0 Å². The second-order valence-electron chi connectivity index (χ2n) is 21.4. The van der Waals surface area contributed by atoms with E-state index in [0.29, 0.717) is 11.3 Å². The predicted molar refractivity (Wildman–Crippen MR) is 284 cm³/mol. The van der Waals surface area contributed by atoms with Gasteiger partial charge in [-0.3, -0.25) is 19.2 Å². The average molecular weight is 1090 g/mol. The Hall–Kier alpha value is -8.19. The van der Waals surface area contributed by atoms with Gasteiger partial charge in [0.2, 0.25) is 0 Å². The van der Waals surface area contributed by atoms with Crippen LogP contribution in [0.2, 0.25) is 0 Å². The molecule has 3 N–H and O–H groups in total. The molecule has 0 spiro atoms. The highest BCUT2D eigenvalue weighted by Crippen LogP contribution is 2.65. The van der Waals surface area contributed by atoms with Gasteiger partial charge in [-0.05, 0) is 78.1 Å². The van der Waals surface area contributed by atoms with Crippen LogP contribution in [0.4, 0.5) is 4.79 Å². The lowest BCUT2D eigenvalue weighted by Gasteiger charge is -2.67. The molecule has 0 unspecified atom stereocenters. The number of benzene rings is 5. The molecule has 4 aliphatic rings. The van der Waals surface area contributed by atoms with Crippen molar-refractivity contribution in [2.24, 2.45) is 16.7 Å². The van der Waals surface area contributed by atoms with Gasteiger partial charge >= 0.3 is 30.0 Å². The molecule has 1 saturated heterocycles. The Bertz CT molecular complexity index is 3150. The summed E-state index contributed by atoms with van der Waals surface area (Å²) >= 11 is 0. The van der Waals surface area contributed by atoms with E-state index in [1.807, 2.05) is 30.3 Å². The summed E-state index contributed by atoms with van der Waals surface area (Å²) < 4.78 is 48.9. The number of aliphatic hydroxyl groups excluding tert-OH is 1. The molecule has 11 atom stereocenters. The molecule has 0 radical (unpaired) electrons. The van der Waals surface area contributed by atoms with Crippen molar-refractivity contribution < 1.29 is 81.7 Å². The van der Waals surface area contributed by atoms with E-state index in [9.17, 15) is 39.0 Å². The van der Waals surface area contributed by atoms with Crippen molar-refractivity contribution in [2.45, 2.75) is 121 Å². The van der Waals surface area contributed by atoms with Crippen LogP contribution in [0.5, 0.6) is 5.75 Å². The second-order valence-corrected chi connectivity index (χ2v) is 21.4. The molecule has 3 fully saturated rings. The number of carbonyl (C=O) groups excluding carboxylic acids is 7. The van der Waals surface area contributed by atoms with Gasteiger partial charge in [-0.2, -0.15) is 0 Å². The first-order chi connectivity index (χ1) is 38.2. The third kappa shape index (κ3) is 10.8. The maximum atomic E-state index is 16.3. The second kappa shape index (κ2) is 22.9. The fourth-order valence-corrected chi connectivity index (χ4v) is 12.1. The Kier molecular flexibility index (Phi) is 16.2. The molecule has 18 nitrogen and oxygen atoms in total. The van der Waals surface area contributed by atoms with Crippen LogP contribution in [0, 0.1) is 16.7 Å². The van der Waals surface area contributed by atoms with Crippen molar-refractivity contribution in [3.8, 4) is 5.75 Å². The molecular formula is C62H63NO17. The molecule has 2 bridgehead atoms. The number of Topliss-reactive ketones (excluding diaryl/α,β-unsaturated/α-hetero) is 1. The first-order valence-electron chi connectivity index (χ1n) is 26.3. The molecule has 3 aliphatic carbocycles. The van der Waals surface area contributed by atoms with E-state index in [2.05, 4.69) is 5.32 Å². The largest absolute Gasteiger partial charge is 0.508 e. The lowest BCUT2D eigenvalue weighted by molar-refractivity contribution is -0.346. The summed E-state index contributed by atoms with van der Waals surface area (Å²) in [6, 6.07) is 39.0. The fraction of sp³-hybridized carbons (Fsp3) is 0.371. The van der Waals surface area contributed by atoms with E-state index in [1.54, 1.807) is 117 Å². The van der Waals surface area contributed by atoms with Gasteiger partial charge in [-0.25, -0.2) is 14.4 Å². The summed E-state index contributed by atoms with van der Waals surface area (Å²) in [4.78, 5) is 101. The molecule has 5 aromatic carbocycles. The van der Waals surface area contributed by atoms with Crippen LogP contribution in [0.15, 0.2) is 157 Å². The molecule has 1 heterocycles. The first kappa shape index (κ1) is 56.5. The minimum absolute atomic E-state index is 0.0195. The van der Waals surface area contributed by atoms with Crippen molar-refractivity contribution in [1.29, 1.82) is 0 Å². The van der Waals surface area contributed by atoms with Crippen molar-refractivity contribution in [3.63, 3.8) is 0 Å². The van der Waals surface area contributed by atoms with Crippen LogP contribution in [0.3, 0.4) is 0 Å². The van der Waals surface area contributed by atoms with Gasteiger partial charge in [0.25, 0.3) is 5.91 Å². The van der Waals surface area contributed by atoms with Crippen LogP contribution in [0.1, 0.15) is 97.8 Å². The number of rotatable bonds is 16. The number of esters is 4. The maximum absolute atomic E-state index is 16.3. The molecule has 1 aliphatic heterocycles. The summed E-state index contributed by atoms with van der Waals surface area (Å²) in [7, 11) is 0. The van der Waals surface area contributed by atoms with Gasteiger partial charge in [-0.1, -0.05) is 123 Å². The molecule has 5 aromatic rings. The van der Waals surface area contributed by atoms with Gasteiger partial charge < -0.3 is 53.4 Å². The van der Waals surface area contributed by atoms with Crippen molar-refractivity contribution >= 4 is 41.7 Å². The van der Waals surface area contributed by atoms with E-state index in [4.69, 9.17) is 37.9 Å². The Morgan fingerprint density at radius 2 is 1.29 bits per heavy atom. The normalized spacial score (nSPS) is 27.1. The third-order valence-electron chi connectivity index (χ3n) is 16.2. The fourth-order valence-electron chi connectivity index (χ4n) is 12.1. The Morgan fingerprint density at radius 3 is 1.85 bits per heavy atom. The predicted octanol–water partition coefficient (Wildman–Crippen LogP) is 7.68. The number of carbonyl (C=O) groups is 7. The van der Waals surface area contributed by atoms with Gasteiger partial charge in [0.15, 0.2) is 23.6 Å². The maximum Gasteiger partial charge on any atom is 0.508 e. The van der Waals surface area contributed by atoms with E-state index >= 15 is 4.79 Å². The highest BCUT2D eigenvalue weighted by Gasteiger charge is 2.79. The molecule has 80 heavy (non-hydrogen) atoms. The minimum atomic E-state index is -2.52. The Morgan fingerprint density at radius 1 is 0.713 bits per heavy atom. The molecule has 9 rings (SSSR count). The topological polar surface area (TPSA) is 246 Å². The molecule has 1 amide bonds. The van der Waals surface area contributed by atoms with Crippen LogP contribution in [-0.2, 0) is 65.5 Å². The SMILES string of the molecule is CC(=O)O[C@H]1C(=O)[C@]2(C)[C@@H](OC(=O)OCc3ccccc3)C[C@H]3OC[C@@]3(OC(C)=O)[C@H]2[C@H](OC(=O)c2ccccc2)[C@]2(O)C[C@H](OC(=O)[C@H](O)[C@@H](NC(=O)c3ccccc3)c3ccc(OCc4ccccc4)cc3)C(C)=C1C2(C)C. The standard InChI is InChI=1S/C62H63NO17/c1-36-45(77-57(70)50(66)49(63-55(68)42-23-15-9-16-24-42)41-27-29-44(30-28-41)73-33-39-19-11-7-12-20-39)32-62(72)54(79-56(69)43-25-17-10-18-26-43)52-60(6,53(67)51(76-37(2)64)48(36)59(62,4)5)46(31-47-61(52,35-75-47)80-38(3)65)78-58(71)74-34-40-21-13-8-14-22-40/h7-30,45-47,49-52,54,66,72H,31-35H2,1-6H3,(H,63,68)/t45-,46-,47+,49-,50+,51+,52-,54-,60+,61-,62+/m0/s1. The van der Waals surface area contributed by atoms with Crippen molar-refractivity contribution in [1.82, 2.24) is 5.32 Å². The zero-order valence-corrected chi connectivity index (χ0v) is 45.0. The number of hydrogen-bond donors (Lipinski definition) is 3. The molecule has 2 saturated carbocycles. The molecule has 0 aromatic heterocycles. The Labute approximate surface area is 462 Å². The number of amides is 1. The van der Waals surface area contributed by atoms with Gasteiger partial charge in [0.05, 0.1) is 29.5 Å². The average Bonchev–Trinajstić information content (AvgIpc) is 3.53. The summed E-state index contributed by atoms with van der Waals surface area (Å²) in [5, 5.41) is 29.1. The highest BCUT2D eigenvalue weighted by atomic mass is 16.7. The van der Waals surface area contributed by atoms with Crippen LogP contribution >= 0.6 is 0 Å². The van der Waals surface area contributed by atoms with Gasteiger partial charge in [0, 0.05) is 37.7 Å². The van der Waals surface area contributed by atoms with E-state index in [1.165, 1.54) is 26.0 Å². The summed E-state index contributed by atoms with van der Waals surface area (Å²) in [6.45, 7) is 7.83. The lowest BCUT2D eigenvalue weighted by Crippen LogP contribution is -2.82. The number of ketones is 1. The van der Waals surface area contributed by atoms with Crippen LogP contribution in [-0.4, -0.2) is 106 Å². The van der Waals surface area contributed by atoms with Gasteiger partial charge in [-0.15, -0.1) is 0 Å². The number of fused-ring (bicyclic) bond motifs is 5. The number of hydrogen-bond acceptors (Lipinski definition) is 17. The van der Waals surface area contributed by atoms with Crippen LogP contribution in [0.25, 0.3) is 0 Å². The highest BCUT2D eigenvalue weighted by molar-refractivity contribution is 5.96. The van der Waals surface area contributed by atoms with Crippen LogP contribution < -0.4 is 10.1 Å². The first-order valence-corrected chi connectivity index (χ1v) is 26.3. The van der Waals surface area contributed by atoms with Crippen molar-refractivity contribution in [2.75, 3.05) is 6.61 Å². The monoisotopic (exact) mass is 1090 g/mol. The van der Waals surface area contributed by atoms with Crippen molar-refractivity contribution in [3.05, 3.63) is 185 Å². The van der Waals surface area contributed by atoms with E-state index in [-0.39, 0.29) is 47.5 Å². The minimum Gasteiger partial charge on any atom is -0.489 e. The number of ether oxygens (including phenoxy) is 8. The van der Waals surface area contributed by atoms with E-state index in [0.717, 1.165) is 19.4 Å². The molecule has 418 valence electrons. The molecular weight excluding hydrogens is 1030 g/mol. The third-order valence-corrected chi connectivity index (χ3v) is 16.2. The van der Waals surface area contributed by atoms with E-state index < -0.39 is 125 Å². The smallest absolute Gasteiger partial charge is 0.489 e. The zero-order chi connectivity index (χ0) is 57.1. The summed E-state index contributed by atoms with van der Waals surface area (Å²) in [5.41, 5.74) is -6.34. The summed E-state index contributed by atoms with van der Waals surface area (Å²) in [5.74, 6) is -6.88. The lowest BCUT2D eigenvalue weighted by atomic mass is 9.44.